The Morgan fingerprint density at radius 2 is 1.78 bits per heavy atom. The molecule has 2 aliphatic rings. The summed E-state index contributed by atoms with van der Waals surface area (Å²) < 4.78 is 0. The van der Waals surface area contributed by atoms with Crippen LogP contribution < -0.4 is 10.6 Å². The maximum atomic E-state index is 12.3. The molecule has 1 aromatic carbocycles. The van der Waals surface area contributed by atoms with Crippen LogP contribution in [0.15, 0.2) is 42.1 Å². The van der Waals surface area contributed by atoms with Gasteiger partial charge in [-0.3, -0.25) is 9.59 Å². The lowest BCUT2D eigenvalue weighted by atomic mass is 9.80. The zero-order valence-electron chi connectivity index (χ0n) is 13.1. The highest BCUT2D eigenvalue weighted by atomic mass is 35.5. The van der Waals surface area contributed by atoms with Gasteiger partial charge in [0.1, 0.15) is 0 Å². The Hall–Kier alpha value is -1.65. The van der Waals surface area contributed by atoms with Crippen molar-refractivity contribution < 1.29 is 9.59 Å². The number of rotatable bonds is 3. The van der Waals surface area contributed by atoms with Crippen molar-refractivity contribution in [2.45, 2.75) is 37.6 Å². The van der Waals surface area contributed by atoms with Gasteiger partial charge in [-0.2, -0.15) is 0 Å². The van der Waals surface area contributed by atoms with Crippen LogP contribution in [0.25, 0.3) is 0 Å². The lowest BCUT2D eigenvalue weighted by Gasteiger charge is -2.25. The third-order valence-corrected chi connectivity index (χ3v) is 4.50. The first kappa shape index (κ1) is 17.7. The topological polar surface area (TPSA) is 58.2 Å². The molecule has 5 heteroatoms. The number of ketones is 2. The molecule has 0 amide bonds. The van der Waals surface area contributed by atoms with E-state index in [0.29, 0.717) is 24.5 Å². The third-order valence-electron chi connectivity index (χ3n) is 4.50. The fourth-order valence-corrected chi connectivity index (χ4v) is 3.21. The van der Waals surface area contributed by atoms with Crippen molar-refractivity contribution in [3.63, 3.8) is 0 Å². The molecule has 1 saturated carbocycles. The summed E-state index contributed by atoms with van der Waals surface area (Å²) in [6.45, 7) is 1.93. The van der Waals surface area contributed by atoms with Gasteiger partial charge in [-0.1, -0.05) is 30.3 Å². The molecule has 1 aliphatic carbocycles. The molecule has 124 valence electrons. The van der Waals surface area contributed by atoms with E-state index in [-0.39, 0.29) is 29.9 Å². The van der Waals surface area contributed by atoms with E-state index in [2.05, 4.69) is 10.6 Å². The molecule has 0 radical (unpaired) electrons. The van der Waals surface area contributed by atoms with Crippen LogP contribution in [0.2, 0.25) is 0 Å². The first-order valence-electron chi connectivity index (χ1n) is 8.02. The molecule has 0 bridgehead atoms. The second-order valence-corrected chi connectivity index (χ2v) is 6.13. The van der Waals surface area contributed by atoms with Gasteiger partial charge >= 0.3 is 0 Å². The predicted molar refractivity (Wildman–Crippen MR) is 92.8 cm³/mol. The highest BCUT2D eigenvalue weighted by molar-refractivity contribution is 6.22. The van der Waals surface area contributed by atoms with Crippen molar-refractivity contribution in [2.24, 2.45) is 0 Å². The first-order valence-corrected chi connectivity index (χ1v) is 8.02. The van der Waals surface area contributed by atoms with Crippen LogP contribution in [-0.4, -0.2) is 30.7 Å². The summed E-state index contributed by atoms with van der Waals surface area (Å²) in [5, 5.41) is 6.55. The van der Waals surface area contributed by atoms with E-state index < -0.39 is 0 Å². The summed E-state index contributed by atoms with van der Waals surface area (Å²) in [4.78, 5) is 24.6. The molecule has 3 rings (SSSR count). The number of piperidine rings is 1. The summed E-state index contributed by atoms with van der Waals surface area (Å²) in [5.74, 6) is -0.0579. The Labute approximate surface area is 143 Å². The van der Waals surface area contributed by atoms with Gasteiger partial charge in [-0.15, -0.1) is 12.4 Å². The maximum Gasteiger partial charge on any atom is 0.168 e. The standard InChI is InChI=1S/C18H22N2O2.ClH/c21-17-9-14(13-5-2-1-3-6-13)10-18(22)16(17)12-20-15-7-4-8-19-11-15;/h1-3,5-6,12,14-15,19-20H,4,7-11H2;1H. The zero-order chi connectivity index (χ0) is 15.4. The molecule has 1 heterocycles. The third kappa shape index (κ3) is 4.43. The fourth-order valence-electron chi connectivity index (χ4n) is 3.21. The van der Waals surface area contributed by atoms with E-state index in [1.165, 1.54) is 0 Å². The van der Waals surface area contributed by atoms with E-state index in [0.717, 1.165) is 31.5 Å². The normalized spacial score (nSPS) is 24.8. The number of hydrogen-bond donors (Lipinski definition) is 2. The molecular weight excluding hydrogens is 312 g/mol. The van der Waals surface area contributed by atoms with Crippen molar-refractivity contribution in [1.82, 2.24) is 10.6 Å². The van der Waals surface area contributed by atoms with E-state index in [4.69, 9.17) is 0 Å². The molecule has 1 unspecified atom stereocenters. The second-order valence-electron chi connectivity index (χ2n) is 6.13. The van der Waals surface area contributed by atoms with Gasteiger partial charge in [-0.05, 0) is 30.9 Å². The van der Waals surface area contributed by atoms with Crippen LogP contribution in [0.4, 0.5) is 0 Å². The number of nitrogens with one attached hydrogen (secondary N) is 2. The van der Waals surface area contributed by atoms with Crippen LogP contribution in [-0.2, 0) is 9.59 Å². The van der Waals surface area contributed by atoms with E-state index in [1.807, 2.05) is 30.3 Å². The lowest BCUT2D eigenvalue weighted by Crippen LogP contribution is -2.41. The maximum absolute atomic E-state index is 12.3. The molecular formula is C18H23ClN2O2. The Balaban J connectivity index is 0.00000192. The van der Waals surface area contributed by atoms with Gasteiger partial charge in [-0.25, -0.2) is 0 Å². The average molecular weight is 335 g/mol. The number of allylic oxidation sites excluding steroid dienone is 1. The SMILES string of the molecule is Cl.O=C1CC(c2ccccc2)CC(=O)C1=CNC1CCCNC1. The van der Waals surface area contributed by atoms with Crippen LogP contribution in [0.1, 0.15) is 37.2 Å². The highest BCUT2D eigenvalue weighted by Crippen LogP contribution is 2.31. The van der Waals surface area contributed by atoms with Crippen LogP contribution >= 0.6 is 12.4 Å². The molecule has 2 fully saturated rings. The van der Waals surface area contributed by atoms with Gasteiger partial charge in [0.25, 0.3) is 0 Å². The van der Waals surface area contributed by atoms with Crippen LogP contribution in [0, 0.1) is 0 Å². The molecule has 4 nitrogen and oxygen atoms in total. The number of Topliss-reactive ketones (excluding diaryl/α,β-unsaturated/α-hetero) is 2. The van der Waals surface area contributed by atoms with Gasteiger partial charge in [0, 0.05) is 31.6 Å². The molecule has 0 spiro atoms. The Morgan fingerprint density at radius 1 is 1.09 bits per heavy atom. The van der Waals surface area contributed by atoms with E-state index in [9.17, 15) is 9.59 Å². The number of benzene rings is 1. The number of carbonyl (C=O) groups is 2. The molecule has 0 aromatic heterocycles. The monoisotopic (exact) mass is 334 g/mol. The number of carbonyl (C=O) groups excluding carboxylic acids is 2. The molecule has 1 aliphatic heterocycles. The Bertz CT molecular complexity index is 560. The van der Waals surface area contributed by atoms with E-state index in [1.54, 1.807) is 6.20 Å². The minimum absolute atomic E-state index is 0. The highest BCUT2D eigenvalue weighted by Gasteiger charge is 2.31. The second kappa shape index (κ2) is 8.27. The lowest BCUT2D eigenvalue weighted by molar-refractivity contribution is -0.124. The zero-order valence-corrected chi connectivity index (χ0v) is 13.9. The first-order chi connectivity index (χ1) is 10.7. The minimum atomic E-state index is -0.0404. The largest absolute Gasteiger partial charge is 0.386 e. The summed E-state index contributed by atoms with van der Waals surface area (Å²) in [5.41, 5.74) is 1.42. The number of hydrogen-bond acceptors (Lipinski definition) is 4. The fraction of sp³-hybridized carbons (Fsp3) is 0.444. The number of halogens is 1. The van der Waals surface area contributed by atoms with Crippen molar-refractivity contribution >= 4 is 24.0 Å². The minimum Gasteiger partial charge on any atom is -0.386 e. The smallest absolute Gasteiger partial charge is 0.168 e. The van der Waals surface area contributed by atoms with Gasteiger partial charge in [0.15, 0.2) is 11.6 Å². The van der Waals surface area contributed by atoms with Gasteiger partial charge in [0.05, 0.1) is 5.57 Å². The summed E-state index contributed by atoms with van der Waals surface area (Å²) >= 11 is 0. The molecule has 23 heavy (non-hydrogen) atoms. The summed E-state index contributed by atoms with van der Waals surface area (Å²) in [6.07, 6.45) is 4.70. The van der Waals surface area contributed by atoms with Gasteiger partial charge < -0.3 is 10.6 Å². The predicted octanol–water partition coefficient (Wildman–Crippen LogP) is 2.35. The van der Waals surface area contributed by atoms with E-state index >= 15 is 0 Å². The average Bonchev–Trinajstić information content (AvgIpc) is 2.56. The summed E-state index contributed by atoms with van der Waals surface area (Å²) in [7, 11) is 0. The quantitative estimate of drug-likeness (QED) is 0.658. The van der Waals surface area contributed by atoms with Crippen molar-refractivity contribution in [3.8, 4) is 0 Å². The summed E-state index contributed by atoms with van der Waals surface area (Å²) in [6, 6.07) is 10.1. The molecule has 2 N–H and O–H groups in total. The molecule has 1 saturated heterocycles. The van der Waals surface area contributed by atoms with Crippen molar-refractivity contribution in [1.29, 1.82) is 0 Å². The van der Waals surface area contributed by atoms with Crippen molar-refractivity contribution in [2.75, 3.05) is 13.1 Å². The van der Waals surface area contributed by atoms with Gasteiger partial charge in [0.2, 0.25) is 0 Å². The molecule has 1 aromatic rings. The molecule has 1 atom stereocenters. The van der Waals surface area contributed by atoms with Crippen LogP contribution in [0.5, 0.6) is 0 Å². The van der Waals surface area contributed by atoms with Crippen molar-refractivity contribution in [3.05, 3.63) is 47.7 Å². The van der Waals surface area contributed by atoms with Crippen LogP contribution in [0.3, 0.4) is 0 Å². The Morgan fingerprint density at radius 3 is 2.39 bits per heavy atom. The Kier molecular flexibility index (Phi) is 6.37.